The molecule has 0 aromatic heterocycles. The molecule has 4 heteroatoms. The zero-order chi connectivity index (χ0) is 36.1. The molecule has 8 saturated carbocycles. The SMILES string of the molecule is C1=C[C@H]2[C@@H]3CCCC[C@H]3C[C@H]2NCCCN[C@@H]2C[C@@H]3CCCC[C@H]3[C@@H]2C=C1.C1=C[C@H]2[C@@H]3CCCC[C@H]3C[C@H]2NCCCN[C@@H]2C[C@@H]3CCCC[C@H]3[C@@H]2C=C1. The Hall–Kier alpha value is -1.20. The Morgan fingerprint density at radius 2 is 0.519 bits per heavy atom. The minimum Gasteiger partial charge on any atom is -0.313 e. The van der Waals surface area contributed by atoms with E-state index in [2.05, 4.69) is 69.9 Å². The van der Waals surface area contributed by atoms with Gasteiger partial charge in [0.05, 0.1) is 0 Å². The first kappa shape index (κ1) is 38.3. The van der Waals surface area contributed by atoms with Crippen LogP contribution in [0.1, 0.15) is 141 Å². The lowest BCUT2D eigenvalue weighted by Crippen LogP contribution is -2.37. The molecule has 0 amide bonds. The maximum absolute atomic E-state index is 3.97. The van der Waals surface area contributed by atoms with Crippen LogP contribution in [-0.4, -0.2) is 50.3 Å². The van der Waals surface area contributed by atoms with Crippen LogP contribution >= 0.6 is 0 Å². The lowest BCUT2D eigenvalue weighted by molar-refractivity contribution is 0.247. The summed E-state index contributed by atoms with van der Waals surface area (Å²) in [4.78, 5) is 0. The van der Waals surface area contributed by atoms with Crippen molar-refractivity contribution < 1.29 is 0 Å². The van der Waals surface area contributed by atoms with Gasteiger partial charge in [-0.05, 0) is 161 Å². The third-order valence-electron chi connectivity index (χ3n) is 17.8. The van der Waals surface area contributed by atoms with Gasteiger partial charge in [-0.2, -0.15) is 0 Å². The summed E-state index contributed by atoms with van der Waals surface area (Å²) in [6, 6.07) is 2.91. The van der Waals surface area contributed by atoms with Gasteiger partial charge in [-0.3, -0.25) is 0 Å². The molecule has 0 spiro atoms. The van der Waals surface area contributed by atoms with E-state index in [9.17, 15) is 0 Å². The highest BCUT2D eigenvalue weighted by molar-refractivity contribution is 5.17. The van der Waals surface area contributed by atoms with Crippen molar-refractivity contribution in [2.45, 2.75) is 165 Å². The highest BCUT2D eigenvalue weighted by atomic mass is 15.0. The fourth-order valence-electron chi connectivity index (χ4n) is 15.4. The van der Waals surface area contributed by atoms with Crippen molar-refractivity contribution in [3.8, 4) is 0 Å². The summed E-state index contributed by atoms with van der Waals surface area (Å²) in [6.07, 6.45) is 51.9. The summed E-state index contributed by atoms with van der Waals surface area (Å²) in [7, 11) is 0. The lowest BCUT2D eigenvalue weighted by atomic mass is 9.77. The van der Waals surface area contributed by atoms with Gasteiger partial charge in [-0.15, -0.1) is 0 Å². The van der Waals surface area contributed by atoms with Crippen LogP contribution in [0.15, 0.2) is 48.6 Å². The van der Waals surface area contributed by atoms with Crippen molar-refractivity contribution in [1.82, 2.24) is 21.3 Å². The van der Waals surface area contributed by atoms with Crippen LogP contribution in [-0.2, 0) is 0 Å². The topological polar surface area (TPSA) is 48.1 Å². The van der Waals surface area contributed by atoms with E-state index < -0.39 is 0 Å². The van der Waals surface area contributed by atoms with E-state index in [1.807, 2.05) is 0 Å². The predicted octanol–water partition coefficient (Wildman–Crippen LogP) is 10.1. The monoisotopic (exact) mass is 737 g/mol. The molecule has 8 aliphatic carbocycles. The van der Waals surface area contributed by atoms with E-state index in [1.165, 1.54) is 167 Å². The molecule has 300 valence electrons. The molecule has 2 heterocycles. The van der Waals surface area contributed by atoms with Gasteiger partial charge >= 0.3 is 0 Å². The zero-order valence-electron chi connectivity index (χ0n) is 34.2. The van der Waals surface area contributed by atoms with Crippen molar-refractivity contribution in [3.05, 3.63) is 48.6 Å². The largest absolute Gasteiger partial charge is 0.313 e. The van der Waals surface area contributed by atoms with E-state index >= 15 is 0 Å². The van der Waals surface area contributed by atoms with Crippen LogP contribution < -0.4 is 21.3 Å². The molecule has 54 heavy (non-hydrogen) atoms. The number of rotatable bonds is 0. The van der Waals surface area contributed by atoms with E-state index in [-0.39, 0.29) is 0 Å². The first-order chi connectivity index (χ1) is 26.8. The molecule has 10 aliphatic rings. The number of hydrogen-bond donors (Lipinski definition) is 4. The van der Waals surface area contributed by atoms with Crippen LogP contribution in [0.2, 0.25) is 0 Å². The Bertz CT molecular complexity index is 1110. The van der Waals surface area contributed by atoms with Crippen molar-refractivity contribution in [3.63, 3.8) is 0 Å². The number of fused-ring (bicyclic) bond motifs is 12. The predicted molar refractivity (Wildman–Crippen MR) is 227 cm³/mol. The van der Waals surface area contributed by atoms with Gasteiger partial charge in [-0.25, -0.2) is 0 Å². The van der Waals surface area contributed by atoms with Crippen LogP contribution in [0.5, 0.6) is 0 Å². The normalized spacial score (nSPS) is 47.7. The first-order valence-electron chi connectivity index (χ1n) is 24.4. The summed E-state index contributed by atoms with van der Waals surface area (Å²) in [6.45, 7) is 4.77. The third kappa shape index (κ3) is 8.63. The Labute approximate surface area is 331 Å². The van der Waals surface area contributed by atoms with Crippen molar-refractivity contribution >= 4 is 0 Å². The molecular formula is C50H80N4. The van der Waals surface area contributed by atoms with Crippen LogP contribution in [0, 0.1) is 71.0 Å². The van der Waals surface area contributed by atoms with Crippen molar-refractivity contribution in [2.75, 3.05) is 26.2 Å². The Morgan fingerprint density at radius 3 is 0.778 bits per heavy atom. The standard InChI is InChI=1S/2C25H40N2/c2*1-3-10-20-18(8-1)16-24-22(20)12-5-6-13-23-21-11-4-2-9-19(21)17-25(23)27-15-7-14-26-24/h2*5-6,12-13,18-27H,1-4,7-11,14-17H2/t2*18-,19-,20+,21+,22-,23-,24+,25+/m00/s1. The molecule has 0 unspecified atom stereocenters. The zero-order valence-corrected chi connectivity index (χ0v) is 34.2. The molecule has 4 N–H and O–H groups in total. The van der Waals surface area contributed by atoms with Gasteiger partial charge in [-0.1, -0.05) is 126 Å². The smallest absolute Gasteiger partial charge is 0.0135 e. The van der Waals surface area contributed by atoms with Gasteiger partial charge in [0.1, 0.15) is 0 Å². The summed E-state index contributed by atoms with van der Waals surface area (Å²) in [5.74, 6) is 10.9. The Balaban J connectivity index is 0.000000142. The molecule has 0 radical (unpaired) electrons. The maximum Gasteiger partial charge on any atom is 0.0135 e. The fourth-order valence-corrected chi connectivity index (χ4v) is 15.4. The van der Waals surface area contributed by atoms with Gasteiger partial charge in [0.2, 0.25) is 0 Å². The second-order valence-corrected chi connectivity index (χ2v) is 20.6. The van der Waals surface area contributed by atoms with Gasteiger partial charge in [0, 0.05) is 24.2 Å². The number of allylic oxidation sites excluding steroid dienone is 4. The maximum atomic E-state index is 3.97. The molecule has 0 bridgehead atoms. The Kier molecular flexibility index (Phi) is 13.2. The quantitative estimate of drug-likeness (QED) is 0.200. The fraction of sp³-hybridized carbons (Fsp3) is 0.840. The van der Waals surface area contributed by atoms with Gasteiger partial charge in [0.15, 0.2) is 0 Å². The molecule has 4 nitrogen and oxygen atoms in total. The van der Waals surface area contributed by atoms with E-state index in [4.69, 9.17) is 0 Å². The molecule has 0 saturated heterocycles. The molecular weight excluding hydrogens is 657 g/mol. The average Bonchev–Trinajstić information content (AvgIpc) is 3.95. The van der Waals surface area contributed by atoms with Crippen LogP contribution in [0.4, 0.5) is 0 Å². The lowest BCUT2D eigenvalue weighted by Gasteiger charge is -2.28. The van der Waals surface area contributed by atoms with E-state index in [1.54, 1.807) is 0 Å². The summed E-state index contributed by atoms with van der Waals surface area (Å²) >= 11 is 0. The van der Waals surface area contributed by atoms with E-state index in [0.717, 1.165) is 95.2 Å². The number of hydrogen-bond acceptors (Lipinski definition) is 4. The molecule has 8 fully saturated rings. The molecule has 2 aliphatic heterocycles. The summed E-state index contributed by atoms with van der Waals surface area (Å²) in [5, 5.41) is 15.9. The molecule has 0 aromatic carbocycles. The minimum absolute atomic E-state index is 0.728. The molecule has 10 rings (SSSR count). The Morgan fingerprint density at radius 1 is 0.278 bits per heavy atom. The minimum atomic E-state index is 0.728. The van der Waals surface area contributed by atoms with Gasteiger partial charge in [0.25, 0.3) is 0 Å². The third-order valence-corrected chi connectivity index (χ3v) is 17.8. The second kappa shape index (κ2) is 18.6. The molecule has 0 aromatic rings. The van der Waals surface area contributed by atoms with Crippen LogP contribution in [0.3, 0.4) is 0 Å². The molecule has 16 atom stereocenters. The number of nitrogens with one attached hydrogen (secondary N) is 4. The van der Waals surface area contributed by atoms with Crippen LogP contribution in [0.25, 0.3) is 0 Å². The van der Waals surface area contributed by atoms with Gasteiger partial charge < -0.3 is 21.3 Å². The summed E-state index contributed by atoms with van der Waals surface area (Å²) in [5.41, 5.74) is 0. The highest BCUT2D eigenvalue weighted by Gasteiger charge is 2.45. The average molecular weight is 737 g/mol. The van der Waals surface area contributed by atoms with E-state index in [0.29, 0.717) is 0 Å². The first-order valence-corrected chi connectivity index (χ1v) is 24.4. The second-order valence-electron chi connectivity index (χ2n) is 20.6. The highest BCUT2D eigenvalue weighted by Crippen LogP contribution is 2.50. The van der Waals surface area contributed by atoms with Crippen molar-refractivity contribution in [1.29, 1.82) is 0 Å². The van der Waals surface area contributed by atoms with Crippen molar-refractivity contribution in [2.24, 2.45) is 71.0 Å². The summed E-state index contributed by atoms with van der Waals surface area (Å²) < 4.78 is 0.